The number of hydrogen-bond acceptors (Lipinski definition) is 5. The number of nitrogens with zero attached hydrogens (tertiary/aromatic N) is 3. The normalized spacial score (nSPS) is 15.2. The Balaban J connectivity index is 1.54. The molecule has 1 aliphatic rings. The highest BCUT2D eigenvalue weighted by molar-refractivity contribution is 6.42. The predicted molar refractivity (Wildman–Crippen MR) is 124 cm³/mol. The average molecular weight is 474 g/mol. The summed E-state index contributed by atoms with van der Waals surface area (Å²) >= 11 is 12.3. The maximum Gasteiger partial charge on any atom is 0.275 e. The first kappa shape index (κ1) is 22.8. The molecule has 0 saturated carbocycles. The van der Waals surface area contributed by atoms with Gasteiger partial charge in [-0.3, -0.25) is 9.69 Å². The molecule has 1 atom stereocenters. The number of morpholine rings is 1. The Hall–Kier alpha value is -2.38. The first-order chi connectivity index (χ1) is 15.5. The number of aromatic nitrogens is 1. The SMILES string of the molecule is CC(c1ccccc1)N(Cc1ccc(Cl)c(Cl)c1)Cc1nc(C(=O)N2CCOCC2)co1. The molecule has 0 spiro atoms. The molecule has 4 rings (SSSR count). The van der Waals surface area contributed by atoms with Crippen molar-refractivity contribution in [2.24, 2.45) is 0 Å². The van der Waals surface area contributed by atoms with Crippen molar-refractivity contribution >= 4 is 29.1 Å². The standard InChI is InChI=1S/C24H25Cl2N3O3/c1-17(19-5-3-2-4-6-19)29(14-18-7-8-20(25)21(26)13-18)15-23-27-22(16-32-23)24(30)28-9-11-31-12-10-28/h2-8,13,16-17H,9-12,14-15H2,1H3. The molecule has 0 bridgehead atoms. The average Bonchev–Trinajstić information content (AvgIpc) is 3.30. The van der Waals surface area contributed by atoms with E-state index in [2.05, 4.69) is 28.9 Å². The molecular formula is C24H25Cl2N3O3. The summed E-state index contributed by atoms with van der Waals surface area (Å²) in [6, 6.07) is 15.9. The second-order valence-electron chi connectivity index (χ2n) is 7.77. The molecule has 1 amide bonds. The lowest BCUT2D eigenvalue weighted by Gasteiger charge is -2.28. The van der Waals surface area contributed by atoms with Gasteiger partial charge in [0.1, 0.15) is 6.26 Å². The zero-order chi connectivity index (χ0) is 22.5. The molecule has 1 aromatic heterocycles. The van der Waals surface area contributed by atoms with E-state index in [-0.39, 0.29) is 11.9 Å². The fourth-order valence-corrected chi connectivity index (χ4v) is 4.05. The molecule has 0 N–H and O–H groups in total. The Morgan fingerprint density at radius 3 is 2.56 bits per heavy atom. The molecule has 0 aliphatic carbocycles. The second-order valence-corrected chi connectivity index (χ2v) is 8.59. The summed E-state index contributed by atoms with van der Waals surface area (Å²) in [5.41, 5.74) is 2.52. The Bertz CT molecular complexity index is 1050. The predicted octanol–water partition coefficient (Wildman–Crippen LogP) is 5.22. The maximum absolute atomic E-state index is 12.7. The summed E-state index contributed by atoms with van der Waals surface area (Å²) in [6.07, 6.45) is 1.44. The summed E-state index contributed by atoms with van der Waals surface area (Å²) in [5, 5.41) is 1.04. The smallest absolute Gasteiger partial charge is 0.275 e. The van der Waals surface area contributed by atoms with Crippen LogP contribution in [0.5, 0.6) is 0 Å². The number of amides is 1. The first-order valence-corrected chi connectivity index (χ1v) is 11.3. The van der Waals surface area contributed by atoms with Crippen LogP contribution in [0.15, 0.2) is 59.2 Å². The number of ether oxygens (including phenoxy) is 1. The fraction of sp³-hybridized carbons (Fsp3) is 0.333. The fourth-order valence-electron chi connectivity index (χ4n) is 3.73. The summed E-state index contributed by atoms with van der Waals surface area (Å²) in [4.78, 5) is 21.2. The van der Waals surface area contributed by atoms with Gasteiger partial charge in [-0.25, -0.2) is 4.98 Å². The van der Waals surface area contributed by atoms with Crippen molar-refractivity contribution in [1.29, 1.82) is 0 Å². The van der Waals surface area contributed by atoms with Gasteiger partial charge in [0.05, 0.1) is 29.8 Å². The first-order valence-electron chi connectivity index (χ1n) is 10.6. The molecule has 0 radical (unpaired) electrons. The van der Waals surface area contributed by atoms with Gasteiger partial charge in [-0.15, -0.1) is 0 Å². The third-order valence-electron chi connectivity index (χ3n) is 5.61. The summed E-state index contributed by atoms with van der Waals surface area (Å²) in [6.45, 7) is 5.40. The monoisotopic (exact) mass is 473 g/mol. The van der Waals surface area contributed by atoms with Gasteiger partial charge in [0.25, 0.3) is 5.91 Å². The van der Waals surface area contributed by atoms with Crippen molar-refractivity contribution in [2.45, 2.75) is 26.1 Å². The van der Waals surface area contributed by atoms with Crippen LogP contribution in [0, 0.1) is 0 Å². The molecule has 2 heterocycles. The summed E-state index contributed by atoms with van der Waals surface area (Å²) in [5.74, 6) is 0.361. The van der Waals surface area contributed by atoms with Crippen LogP contribution in [0.4, 0.5) is 0 Å². The summed E-state index contributed by atoms with van der Waals surface area (Å²) in [7, 11) is 0. The van der Waals surface area contributed by atoms with Crippen LogP contribution in [0.3, 0.4) is 0 Å². The van der Waals surface area contributed by atoms with E-state index in [1.165, 1.54) is 11.8 Å². The van der Waals surface area contributed by atoms with E-state index in [0.29, 0.717) is 61.0 Å². The third-order valence-corrected chi connectivity index (χ3v) is 6.35. The molecule has 1 fully saturated rings. The van der Waals surface area contributed by atoms with Gasteiger partial charge >= 0.3 is 0 Å². The van der Waals surface area contributed by atoms with E-state index >= 15 is 0 Å². The van der Waals surface area contributed by atoms with Gasteiger partial charge in [0.15, 0.2) is 5.69 Å². The highest BCUT2D eigenvalue weighted by atomic mass is 35.5. The Labute approximate surface area is 197 Å². The third kappa shape index (κ3) is 5.51. The Kier molecular flexibility index (Phi) is 7.48. The number of benzene rings is 2. The van der Waals surface area contributed by atoms with Crippen LogP contribution in [0.2, 0.25) is 10.0 Å². The zero-order valence-electron chi connectivity index (χ0n) is 17.8. The van der Waals surface area contributed by atoms with Gasteiger partial charge in [-0.2, -0.15) is 0 Å². The second kappa shape index (κ2) is 10.5. The van der Waals surface area contributed by atoms with E-state index < -0.39 is 0 Å². The van der Waals surface area contributed by atoms with E-state index in [9.17, 15) is 4.79 Å². The number of hydrogen-bond donors (Lipinski definition) is 0. The van der Waals surface area contributed by atoms with E-state index in [1.807, 2.05) is 30.3 Å². The minimum absolute atomic E-state index is 0.0796. The van der Waals surface area contributed by atoms with Crippen LogP contribution in [0.25, 0.3) is 0 Å². The molecule has 6 nitrogen and oxygen atoms in total. The molecule has 1 aliphatic heterocycles. The van der Waals surface area contributed by atoms with Gasteiger partial charge in [-0.1, -0.05) is 59.6 Å². The van der Waals surface area contributed by atoms with E-state index in [4.69, 9.17) is 32.4 Å². The van der Waals surface area contributed by atoms with Crippen molar-refractivity contribution in [1.82, 2.24) is 14.8 Å². The van der Waals surface area contributed by atoms with Crippen LogP contribution in [0.1, 0.15) is 40.5 Å². The lowest BCUT2D eigenvalue weighted by molar-refractivity contribution is 0.0299. The van der Waals surface area contributed by atoms with Gasteiger partial charge in [-0.05, 0) is 30.2 Å². The quantitative estimate of drug-likeness (QED) is 0.470. The maximum atomic E-state index is 12.7. The number of rotatable bonds is 7. The van der Waals surface area contributed by atoms with Crippen molar-refractivity contribution in [2.75, 3.05) is 26.3 Å². The summed E-state index contributed by atoms with van der Waals surface area (Å²) < 4.78 is 11.0. The molecule has 1 unspecified atom stereocenters. The van der Waals surface area contributed by atoms with Crippen LogP contribution < -0.4 is 0 Å². The number of oxazole rings is 1. The van der Waals surface area contributed by atoms with Gasteiger partial charge < -0.3 is 14.1 Å². The van der Waals surface area contributed by atoms with Crippen molar-refractivity contribution in [3.05, 3.63) is 87.6 Å². The van der Waals surface area contributed by atoms with Crippen molar-refractivity contribution < 1.29 is 13.9 Å². The molecule has 32 heavy (non-hydrogen) atoms. The molecule has 168 valence electrons. The zero-order valence-corrected chi connectivity index (χ0v) is 19.4. The molecule has 1 saturated heterocycles. The lowest BCUT2D eigenvalue weighted by atomic mass is 10.1. The lowest BCUT2D eigenvalue weighted by Crippen LogP contribution is -2.40. The highest BCUT2D eigenvalue weighted by Gasteiger charge is 2.24. The topological polar surface area (TPSA) is 58.8 Å². The molecule has 2 aromatic carbocycles. The number of carbonyl (C=O) groups excluding carboxylic acids is 1. The number of carbonyl (C=O) groups is 1. The highest BCUT2D eigenvalue weighted by Crippen LogP contribution is 2.28. The molecule has 3 aromatic rings. The van der Waals surface area contributed by atoms with Crippen LogP contribution in [-0.4, -0.2) is 47.0 Å². The Morgan fingerprint density at radius 1 is 1.09 bits per heavy atom. The number of halogens is 2. The minimum Gasteiger partial charge on any atom is -0.447 e. The molecular weight excluding hydrogens is 449 g/mol. The Morgan fingerprint density at radius 2 is 1.84 bits per heavy atom. The van der Waals surface area contributed by atoms with Gasteiger partial charge in [0.2, 0.25) is 5.89 Å². The van der Waals surface area contributed by atoms with Gasteiger partial charge in [0, 0.05) is 25.7 Å². The van der Waals surface area contributed by atoms with Crippen molar-refractivity contribution in [3.8, 4) is 0 Å². The van der Waals surface area contributed by atoms with Crippen LogP contribution >= 0.6 is 23.2 Å². The van der Waals surface area contributed by atoms with Crippen molar-refractivity contribution in [3.63, 3.8) is 0 Å². The van der Waals surface area contributed by atoms with Crippen LogP contribution in [-0.2, 0) is 17.8 Å². The minimum atomic E-state index is -0.129. The largest absolute Gasteiger partial charge is 0.447 e. The molecule has 8 heteroatoms. The van der Waals surface area contributed by atoms with E-state index in [1.54, 1.807) is 11.0 Å². The van der Waals surface area contributed by atoms with E-state index in [0.717, 1.165) is 5.56 Å².